The minimum atomic E-state index is -0.439. The van der Waals surface area contributed by atoms with Crippen molar-refractivity contribution in [1.82, 2.24) is 9.88 Å². The number of carbonyl (C=O) groups excluding carboxylic acids is 1. The Labute approximate surface area is 153 Å². The van der Waals surface area contributed by atoms with E-state index in [2.05, 4.69) is 22.1 Å². The molecule has 1 aromatic carbocycles. The Morgan fingerprint density at radius 1 is 1.44 bits per heavy atom. The number of nitrogens with one attached hydrogen (secondary N) is 1. The fourth-order valence-corrected chi connectivity index (χ4v) is 4.31. The van der Waals surface area contributed by atoms with E-state index in [1.807, 2.05) is 0 Å². The summed E-state index contributed by atoms with van der Waals surface area (Å²) in [5.74, 6) is 0.116. The second-order valence-electron chi connectivity index (χ2n) is 5.60. The van der Waals surface area contributed by atoms with Crippen molar-refractivity contribution in [3.8, 4) is 0 Å². The van der Waals surface area contributed by atoms with Gasteiger partial charge in [-0.05, 0) is 18.7 Å². The molecule has 0 bridgehead atoms. The summed E-state index contributed by atoms with van der Waals surface area (Å²) in [6, 6.07) is 6.18. The Bertz CT molecular complexity index is 776. The number of hydrogen-bond acceptors (Lipinski definition) is 7. The lowest BCUT2D eigenvalue weighted by Crippen LogP contribution is -2.29. The molecule has 1 amide bonds. The zero-order chi connectivity index (χ0) is 17.8. The van der Waals surface area contributed by atoms with Gasteiger partial charge in [-0.15, -0.1) is 23.1 Å². The van der Waals surface area contributed by atoms with E-state index >= 15 is 0 Å². The molecule has 2 aromatic rings. The number of nitrogens with zero attached hydrogens (tertiary/aromatic N) is 3. The highest BCUT2D eigenvalue weighted by atomic mass is 32.2. The van der Waals surface area contributed by atoms with Crippen LogP contribution in [0.15, 0.2) is 29.2 Å². The quantitative estimate of drug-likeness (QED) is 0.472. The lowest BCUT2D eigenvalue weighted by atomic mass is 10.2. The van der Waals surface area contributed by atoms with Gasteiger partial charge in [-0.2, -0.15) is 0 Å². The molecule has 7 nitrogen and oxygen atoms in total. The number of nitro groups is 1. The molecule has 3 rings (SSSR count). The van der Waals surface area contributed by atoms with Gasteiger partial charge in [0.05, 0.1) is 16.4 Å². The predicted molar refractivity (Wildman–Crippen MR) is 99.2 cm³/mol. The van der Waals surface area contributed by atoms with Gasteiger partial charge >= 0.3 is 0 Å². The number of non-ortho nitro benzene ring substituents is 1. The van der Waals surface area contributed by atoms with Crippen molar-refractivity contribution in [3.05, 3.63) is 45.0 Å². The third-order valence-electron chi connectivity index (χ3n) is 3.92. The molecule has 1 aliphatic rings. The van der Waals surface area contributed by atoms with Crippen LogP contribution in [0.25, 0.3) is 0 Å². The fraction of sp³-hybridized carbons (Fsp3) is 0.375. The Hall–Kier alpha value is -1.97. The zero-order valence-electron chi connectivity index (χ0n) is 13.7. The third kappa shape index (κ3) is 4.56. The summed E-state index contributed by atoms with van der Waals surface area (Å²) in [7, 11) is 0. The largest absolute Gasteiger partial charge is 0.301 e. The van der Waals surface area contributed by atoms with Crippen LogP contribution in [0.2, 0.25) is 0 Å². The first kappa shape index (κ1) is 17.8. The molecule has 0 saturated heterocycles. The van der Waals surface area contributed by atoms with Crippen LogP contribution in [0.1, 0.15) is 17.5 Å². The van der Waals surface area contributed by atoms with E-state index in [0.29, 0.717) is 5.13 Å². The first-order valence-electron chi connectivity index (χ1n) is 7.93. The molecule has 0 saturated carbocycles. The third-order valence-corrected chi connectivity index (χ3v) is 5.93. The van der Waals surface area contributed by atoms with Gasteiger partial charge in [0.25, 0.3) is 5.69 Å². The van der Waals surface area contributed by atoms with E-state index in [1.165, 1.54) is 28.8 Å². The molecule has 2 heterocycles. The van der Waals surface area contributed by atoms with Gasteiger partial charge in [-0.1, -0.05) is 6.92 Å². The lowest BCUT2D eigenvalue weighted by Gasteiger charge is -2.23. The summed E-state index contributed by atoms with van der Waals surface area (Å²) in [6.07, 6.45) is 0.924. The number of anilines is 1. The number of aromatic nitrogens is 1. The molecule has 1 aliphatic heterocycles. The number of fused-ring (bicyclic) bond motifs is 1. The van der Waals surface area contributed by atoms with Crippen molar-refractivity contribution in [2.75, 3.05) is 24.2 Å². The minimum absolute atomic E-state index is 0.0447. The molecule has 0 fully saturated rings. The lowest BCUT2D eigenvalue weighted by molar-refractivity contribution is -0.384. The monoisotopic (exact) mass is 378 g/mol. The van der Waals surface area contributed by atoms with E-state index in [0.717, 1.165) is 36.6 Å². The molecule has 0 radical (unpaired) electrons. The number of hydrogen-bond donors (Lipinski definition) is 1. The number of amides is 1. The van der Waals surface area contributed by atoms with Gasteiger partial charge in [-0.3, -0.25) is 19.8 Å². The Kier molecular flexibility index (Phi) is 5.67. The fourth-order valence-electron chi connectivity index (χ4n) is 2.54. The van der Waals surface area contributed by atoms with Crippen LogP contribution in [0.5, 0.6) is 0 Å². The second kappa shape index (κ2) is 7.94. The molecule has 132 valence electrons. The van der Waals surface area contributed by atoms with E-state index in [1.54, 1.807) is 23.5 Å². The van der Waals surface area contributed by atoms with Crippen LogP contribution in [0.3, 0.4) is 0 Å². The highest BCUT2D eigenvalue weighted by Crippen LogP contribution is 2.28. The van der Waals surface area contributed by atoms with Crippen molar-refractivity contribution < 1.29 is 9.72 Å². The zero-order valence-corrected chi connectivity index (χ0v) is 15.4. The smallest absolute Gasteiger partial charge is 0.269 e. The number of thioether (sulfide) groups is 1. The average molecular weight is 378 g/mol. The topological polar surface area (TPSA) is 88.4 Å². The number of thiazole rings is 1. The summed E-state index contributed by atoms with van der Waals surface area (Å²) >= 11 is 2.88. The summed E-state index contributed by atoms with van der Waals surface area (Å²) in [4.78, 5) is 31.2. The van der Waals surface area contributed by atoms with Crippen molar-refractivity contribution in [3.63, 3.8) is 0 Å². The Morgan fingerprint density at radius 2 is 2.20 bits per heavy atom. The first-order chi connectivity index (χ1) is 12.0. The van der Waals surface area contributed by atoms with E-state index < -0.39 is 4.92 Å². The molecule has 0 atom stereocenters. The number of carbonyl (C=O) groups is 1. The van der Waals surface area contributed by atoms with Crippen LogP contribution < -0.4 is 5.32 Å². The van der Waals surface area contributed by atoms with E-state index in [-0.39, 0.29) is 17.3 Å². The normalized spacial score (nSPS) is 14.1. The van der Waals surface area contributed by atoms with Gasteiger partial charge in [0.2, 0.25) is 5.91 Å². The van der Waals surface area contributed by atoms with Crippen LogP contribution >= 0.6 is 23.1 Å². The van der Waals surface area contributed by atoms with Gasteiger partial charge in [0, 0.05) is 41.4 Å². The standard InChI is InChI=1S/C16H18N4O3S2/c1-2-19-8-7-13-14(9-19)25-16(17-13)18-15(21)10-24-12-5-3-11(4-6-12)20(22)23/h3-6H,2,7-10H2,1H3,(H,17,18,21). The molecule has 0 aliphatic carbocycles. The molecule has 1 aromatic heterocycles. The molecule has 1 N–H and O–H groups in total. The van der Waals surface area contributed by atoms with Crippen molar-refractivity contribution in [2.24, 2.45) is 0 Å². The van der Waals surface area contributed by atoms with Gasteiger partial charge < -0.3 is 5.32 Å². The summed E-state index contributed by atoms with van der Waals surface area (Å²) < 4.78 is 0. The summed E-state index contributed by atoms with van der Waals surface area (Å²) in [6.45, 7) is 5.07. The Balaban J connectivity index is 1.53. The number of likely N-dealkylation sites (N-methyl/N-ethyl adjacent to an activating group) is 1. The number of nitro benzene ring substituents is 1. The summed E-state index contributed by atoms with van der Waals surface area (Å²) in [5, 5.41) is 14.1. The highest BCUT2D eigenvalue weighted by molar-refractivity contribution is 8.00. The van der Waals surface area contributed by atoms with E-state index in [9.17, 15) is 14.9 Å². The molecule has 0 unspecified atom stereocenters. The van der Waals surface area contributed by atoms with E-state index in [4.69, 9.17) is 0 Å². The van der Waals surface area contributed by atoms with Crippen LogP contribution in [0, 0.1) is 10.1 Å². The maximum absolute atomic E-state index is 12.1. The second-order valence-corrected chi connectivity index (χ2v) is 7.73. The van der Waals surface area contributed by atoms with Crippen molar-refractivity contribution in [1.29, 1.82) is 0 Å². The predicted octanol–water partition coefficient (Wildman–Crippen LogP) is 3.16. The molecular weight excluding hydrogens is 360 g/mol. The number of rotatable bonds is 6. The van der Waals surface area contributed by atoms with Gasteiger partial charge in [0.15, 0.2) is 5.13 Å². The van der Waals surface area contributed by atoms with Crippen LogP contribution in [-0.4, -0.2) is 39.6 Å². The van der Waals surface area contributed by atoms with Crippen LogP contribution in [0.4, 0.5) is 10.8 Å². The minimum Gasteiger partial charge on any atom is -0.301 e. The molecule has 25 heavy (non-hydrogen) atoms. The van der Waals surface area contributed by atoms with Crippen molar-refractivity contribution >= 4 is 39.8 Å². The number of benzene rings is 1. The Morgan fingerprint density at radius 3 is 2.88 bits per heavy atom. The molecule has 0 spiro atoms. The van der Waals surface area contributed by atoms with Gasteiger partial charge in [-0.25, -0.2) is 4.98 Å². The average Bonchev–Trinajstić information content (AvgIpc) is 3.01. The maximum Gasteiger partial charge on any atom is 0.269 e. The SMILES string of the molecule is CCN1CCc2nc(NC(=O)CSc3ccc([N+](=O)[O-])cc3)sc2C1. The molecular formula is C16H18N4O3S2. The summed E-state index contributed by atoms with van der Waals surface area (Å²) in [5.41, 5.74) is 1.14. The first-order valence-corrected chi connectivity index (χ1v) is 9.73. The van der Waals surface area contributed by atoms with Gasteiger partial charge in [0.1, 0.15) is 0 Å². The van der Waals surface area contributed by atoms with Crippen LogP contribution in [-0.2, 0) is 17.8 Å². The maximum atomic E-state index is 12.1. The molecule has 9 heteroatoms. The highest BCUT2D eigenvalue weighted by Gasteiger charge is 2.20. The van der Waals surface area contributed by atoms with Crippen molar-refractivity contribution in [2.45, 2.75) is 24.8 Å².